The van der Waals surface area contributed by atoms with Crippen LogP contribution in [0.4, 0.5) is 5.69 Å². The molecular formula is C24H18ClN3O6. The molecule has 172 valence electrons. The second-order valence-electron chi connectivity index (χ2n) is 8.59. The van der Waals surface area contributed by atoms with Crippen LogP contribution in [-0.2, 0) is 9.59 Å². The van der Waals surface area contributed by atoms with E-state index < -0.39 is 46.8 Å². The number of hydrazine groups is 1. The van der Waals surface area contributed by atoms with Crippen LogP contribution in [0.25, 0.3) is 0 Å². The highest BCUT2D eigenvalue weighted by Crippen LogP contribution is 2.52. The number of rotatable bonds is 6. The van der Waals surface area contributed by atoms with Gasteiger partial charge in [0.05, 0.1) is 16.8 Å². The Morgan fingerprint density at radius 2 is 1.62 bits per heavy atom. The molecule has 0 radical (unpaired) electrons. The first-order valence-corrected chi connectivity index (χ1v) is 11.0. The van der Waals surface area contributed by atoms with E-state index in [1.165, 1.54) is 42.5 Å². The van der Waals surface area contributed by atoms with Gasteiger partial charge in [0.15, 0.2) is 5.78 Å². The maximum Gasteiger partial charge on any atom is 0.273 e. The fourth-order valence-corrected chi connectivity index (χ4v) is 5.25. The number of carbonyl (C=O) groups excluding carboxylic acids is 4. The average Bonchev–Trinajstić information content (AvgIpc) is 3.51. The zero-order valence-electron chi connectivity index (χ0n) is 17.7. The van der Waals surface area contributed by atoms with Crippen LogP contribution in [0.5, 0.6) is 0 Å². The monoisotopic (exact) mass is 479 g/mol. The second kappa shape index (κ2) is 8.18. The van der Waals surface area contributed by atoms with Crippen molar-refractivity contribution in [2.45, 2.75) is 6.42 Å². The van der Waals surface area contributed by atoms with Gasteiger partial charge in [0.2, 0.25) is 0 Å². The number of nitro benzene ring substituents is 1. The molecule has 2 aromatic rings. The predicted octanol–water partition coefficient (Wildman–Crippen LogP) is 3.30. The Labute approximate surface area is 198 Å². The lowest BCUT2D eigenvalue weighted by Gasteiger charge is -2.30. The van der Waals surface area contributed by atoms with Crippen molar-refractivity contribution < 1.29 is 24.1 Å². The fourth-order valence-electron chi connectivity index (χ4n) is 5.12. The van der Waals surface area contributed by atoms with Gasteiger partial charge in [-0.05, 0) is 48.6 Å². The van der Waals surface area contributed by atoms with Crippen LogP contribution in [-0.4, -0.2) is 45.0 Å². The minimum absolute atomic E-state index is 0.0850. The molecule has 0 N–H and O–H groups in total. The molecule has 10 heteroatoms. The lowest BCUT2D eigenvalue weighted by atomic mass is 9.85. The fraction of sp³-hybridized carbons (Fsp3) is 0.250. The Balaban J connectivity index is 1.51. The number of imide groups is 1. The maximum atomic E-state index is 13.5. The number of Topliss-reactive ketones (excluding diaryl/α,β-unsaturated/α-hetero) is 1. The van der Waals surface area contributed by atoms with Crippen LogP contribution >= 0.6 is 11.6 Å². The number of benzene rings is 2. The standard InChI is InChI=1S/C24H18ClN3O6/c25-17-8-6-13(7-9-17)19(29)12-26(22(30)16-2-1-3-18(11-16)28(33)34)27-23(31)20-14-4-5-15(10-14)21(20)24(27)32/h1-9,11,14-15,20-21H,10,12H2/t14-,15-,20+,21+/m0/s1. The Kier molecular flexibility index (Phi) is 5.28. The van der Waals surface area contributed by atoms with Gasteiger partial charge in [-0.15, -0.1) is 0 Å². The number of hydrogen-bond acceptors (Lipinski definition) is 6. The zero-order valence-corrected chi connectivity index (χ0v) is 18.4. The molecule has 0 unspecified atom stereocenters. The number of carbonyl (C=O) groups is 4. The minimum Gasteiger partial charge on any atom is -0.292 e. The number of fused-ring (bicyclic) bond motifs is 5. The van der Waals surface area contributed by atoms with Gasteiger partial charge in [0.1, 0.15) is 6.54 Å². The highest BCUT2D eigenvalue weighted by atomic mass is 35.5. The van der Waals surface area contributed by atoms with Crippen LogP contribution in [0, 0.1) is 33.8 Å². The summed E-state index contributed by atoms with van der Waals surface area (Å²) in [5.74, 6) is -3.76. The number of ketones is 1. The molecule has 1 heterocycles. The van der Waals surface area contributed by atoms with E-state index in [1.54, 1.807) is 0 Å². The summed E-state index contributed by atoms with van der Waals surface area (Å²) in [7, 11) is 0. The van der Waals surface area contributed by atoms with Gasteiger partial charge in [0.25, 0.3) is 23.4 Å². The molecule has 2 fully saturated rings. The summed E-state index contributed by atoms with van der Waals surface area (Å²) in [6.07, 6.45) is 4.56. The lowest BCUT2D eigenvalue weighted by molar-refractivity contribution is -0.384. The number of nitro groups is 1. The van der Waals surface area contributed by atoms with Crippen LogP contribution in [0.15, 0.2) is 60.7 Å². The quantitative estimate of drug-likeness (QED) is 0.206. The number of non-ortho nitro benzene ring substituents is 1. The number of allylic oxidation sites excluding steroid dienone is 2. The second-order valence-corrected chi connectivity index (χ2v) is 9.02. The zero-order chi connectivity index (χ0) is 24.1. The molecule has 0 aromatic heterocycles. The van der Waals surface area contributed by atoms with Gasteiger partial charge in [-0.3, -0.25) is 29.3 Å². The van der Waals surface area contributed by atoms with Crippen molar-refractivity contribution in [1.82, 2.24) is 10.0 Å². The topological polar surface area (TPSA) is 118 Å². The Hall–Kier alpha value is -3.85. The minimum atomic E-state index is -0.854. The molecule has 9 nitrogen and oxygen atoms in total. The van der Waals surface area contributed by atoms with E-state index in [0.29, 0.717) is 11.4 Å². The van der Waals surface area contributed by atoms with Crippen molar-refractivity contribution in [2.75, 3.05) is 6.54 Å². The normalized spacial score (nSPS) is 24.4. The van der Waals surface area contributed by atoms with Crippen LogP contribution in [0.2, 0.25) is 5.02 Å². The number of amides is 3. The van der Waals surface area contributed by atoms with E-state index in [2.05, 4.69) is 0 Å². The molecule has 1 saturated heterocycles. The van der Waals surface area contributed by atoms with Crippen molar-refractivity contribution in [3.8, 4) is 0 Å². The smallest absolute Gasteiger partial charge is 0.273 e. The van der Waals surface area contributed by atoms with E-state index in [1.807, 2.05) is 12.2 Å². The van der Waals surface area contributed by atoms with E-state index in [9.17, 15) is 29.3 Å². The number of hydrogen-bond donors (Lipinski definition) is 0. The van der Waals surface area contributed by atoms with E-state index in [4.69, 9.17) is 11.6 Å². The molecule has 5 rings (SSSR count). The van der Waals surface area contributed by atoms with Crippen LogP contribution in [0.1, 0.15) is 27.1 Å². The summed E-state index contributed by atoms with van der Waals surface area (Å²) in [5.41, 5.74) is -0.202. The van der Waals surface area contributed by atoms with E-state index in [0.717, 1.165) is 16.1 Å². The van der Waals surface area contributed by atoms with Crippen molar-refractivity contribution in [3.05, 3.63) is 86.9 Å². The summed E-state index contributed by atoms with van der Waals surface area (Å²) in [5, 5.41) is 13.2. The average molecular weight is 480 g/mol. The van der Waals surface area contributed by atoms with Gasteiger partial charge >= 0.3 is 0 Å². The largest absolute Gasteiger partial charge is 0.292 e. The SMILES string of the molecule is O=C(CN(C(=O)c1cccc([N+](=O)[O-])c1)N1C(=O)[C@H]2[C@H](C1=O)[C@H]1C=C[C@H]2C1)c1ccc(Cl)cc1. The Morgan fingerprint density at radius 3 is 2.21 bits per heavy atom. The van der Waals surface area contributed by atoms with Crippen molar-refractivity contribution in [2.24, 2.45) is 23.7 Å². The first-order chi connectivity index (χ1) is 16.3. The molecule has 2 aromatic carbocycles. The van der Waals surface area contributed by atoms with E-state index in [-0.39, 0.29) is 28.7 Å². The molecular weight excluding hydrogens is 462 g/mol. The number of nitrogens with zero attached hydrogens (tertiary/aromatic N) is 3. The molecule has 3 amide bonds. The third kappa shape index (κ3) is 3.49. The summed E-state index contributed by atoms with van der Waals surface area (Å²) in [6, 6.07) is 10.9. The molecule has 34 heavy (non-hydrogen) atoms. The van der Waals surface area contributed by atoms with Gasteiger partial charge in [-0.2, -0.15) is 5.01 Å². The van der Waals surface area contributed by atoms with E-state index >= 15 is 0 Å². The van der Waals surface area contributed by atoms with Gasteiger partial charge in [-0.1, -0.05) is 29.8 Å². The van der Waals surface area contributed by atoms with Crippen molar-refractivity contribution in [3.63, 3.8) is 0 Å². The van der Waals surface area contributed by atoms with Crippen molar-refractivity contribution >= 4 is 40.8 Å². The lowest BCUT2D eigenvalue weighted by Crippen LogP contribution is -2.52. The molecule has 1 saturated carbocycles. The molecule has 3 aliphatic rings. The molecule has 4 atom stereocenters. The molecule has 0 spiro atoms. The first kappa shape index (κ1) is 22.0. The highest BCUT2D eigenvalue weighted by molar-refractivity contribution is 6.30. The summed E-state index contributed by atoms with van der Waals surface area (Å²) in [4.78, 5) is 63.7. The number of halogens is 1. The summed E-state index contributed by atoms with van der Waals surface area (Å²) < 4.78 is 0. The van der Waals surface area contributed by atoms with Gasteiger partial charge in [0, 0.05) is 28.3 Å². The Bertz CT molecular complexity index is 1240. The third-order valence-electron chi connectivity index (χ3n) is 6.69. The van der Waals surface area contributed by atoms with Gasteiger partial charge < -0.3 is 0 Å². The van der Waals surface area contributed by atoms with Crippen LogP contribution < -0.4 is 0 Å². The predicted molar refractivity (Wildman–Crippen MR) is 119 cm³/mol. The first-order valence-electron chi connectivity index (χ1n) is 10.7. The highest BCUT2D eigenvalue weighted by Gasteiger charge is 2.61. The van der Waals surface area contributed by atoms with Crippen molar-refractivity contribution in [1.29, 1.82) is 0 Å². The molecule has 1 aliphatic heterocycles. The van der Waals surface area contributed by atoms with Crippen LogP contribution in [0.3, 0.4) is 0 Å². The summed E-state index contributed by atoms with van der Waals surface area (Å²) >= 11 is 5.89. The molecule has 2 aliphatic carbocycles. The Morgan fingerprint density at radius 1 is 1.00 bits per heavy atom. The summed E-state index contributed by atoms with van der Waals surface area (Å²) in [6.45, 7) is -0.594. The van der Waals surface area contributed by atoms with Gasteiger partial charge in [-0.25, -0.2) is 5.01 Å². The maximum absolute atomic E-state index is 13.5. The molecule has 2 bridgehead atoms. The third-order valence-corrected chi connectivity index (χ3v) is 6.94.